The highest BCUT2D eigenvalue weighted by atomic mass is 35.5. The number of ether oxygens (including phenoxy) is 2. The quantitative estimate of drug-likeness (QED) is 0.173. The molecule has 0 radical (unpaired) electrons. The van der Waals surface area contributed by atoms with Crippen molar-refractivity contribution in [1.29, 1.82) is 0 Å². The molecule has 2 aromatic carbocycles. The first kappa shape index (κ1) is 33.0. The number of anilines is 3. The van der Waals surface area contributed by atoms with E-state index in [2.05, 4.69) is 68.8 Å². The summed E-state index contributed by atoms with van der Waals surface area (Å²) in [6.07, 6.45) is 5.09. The Morgan fingerprint density at radius 2 is 1.89 bits per heavy atom. The molecule has 3 N–H and O–H groups in total. The van der Waals surface area contributed by atoms with E-state index in [-0.39, 0.29) is 0 Å². The van der Waals surface area contributed by atoms with E-state index in [4.69, 9.17) is 26.1 Å². The molecule has 1 aliphatic heterocycles. The summed E-state index contributed by atoms with van der Waals surface area (Å²) >= 11 is 6.64. The van der Waals surface area contributed by atoms with Crippen molar-refractivity contribution in [3.63, 3.8) is 0 Å². The molecule has 1 saturated heterocycles. The van der Waals surface area contributed by atoms with Gasteiger partial charge in [0, 0.05) is 93.6 Å². The molecule has 2 heterocycles. The van der Waals surface area contributed by atoms with E-state index >= 15 is 0 Å². The molecule has 1 fully saturated rings. The van der Waals surface area contributed by atoms with E-state index in [0.29, 0.717) is 70.2 Å². The topological polar surface area (TPSA) is 104 Å². The molecule has 236 valence electrons. The van der Waals surface area contributed by atoms with Gasteiger partial charge in [0.25, 0.3) is 0 Å². The Balaban J connectivity index is 1.61. The second-order valence-corrected chi connectivity index (χ2v) is 11.5. The van der Waals surface area contributed by atoms with Crippen LogP contribution in [0.3, 0.4) is 0 Å². The van der Waals surface area contributed by atoms with Gasteiger partial charge in [-0.2, -0.15) is 4.98 Å². The highest BCUT2D eigenvalue weighted by Gasteiger charge is 2.21. The van der Waals surface area contributed by atoms with Crippen molar-refractivity contribution in [2.45, 2.75) is 32.4 Å². The third-order valence-electron chi connectivity index (χ3n) is 7.70. The monoisotopic (exact) mass is 621 g/mol. The van der Waals surface area contributed by atoms with Crippen LogP contribution in [0.15, 0.2) is 42.6 Å². The number of carbonyl (C=O) groups is 1. The van der Waals surface area contributed by atoms with Gasteiger partial charge in [-0.3, -0.25) is 9.69 Å². The highest BCUT2D eigenvalue weighted by molar-refractivity contribution is 6.35. The molecule has 1 aliphatic rings. The Hall–Kier alpha value is -3.86. The molecule has 0 aliphatic carbocycles. The summed E-state index contributed by atoms with van der Waals surface area (Å²) in [6.45, 7) is 8.75. The van der Waals surface area contributed by atoms with E-state index in [9.17, 15) is 4.79 Å². The van der Waals surface area contributed by atoms with Gasteiger partial charge in [0.05, 0.1) is 19.2 Å². The highest BCUT2D eigenvalue weighted by Crippen LogP contribution is 2.37. The molecule has 1 aromatic heterocycles. The predicted molar refractivity (Wildman–Crippen MR) is 180 cm³/mol. The number of nitrogens with one attached hydrogen (secondary N) is 3. The Morgan fingerprint density at radius 3 is 2.52 bits per heavy atom. The van der Waals surface area contributed by atoms with Crippen LogP contribution in [0.2, 0.25) is 5.02 Å². The summed E-state index contributed by atoms with van der Waals surface area (Å²) in [7, 11) is 6.98. The summed E-state index contributed by atoms with van der Waals surface area (Å²) in [5.41, 5.74) is 3.82. The van der Waals surface area contributed by atoms with Gasteiger partial charge in [-0.25, -0.2) is 4.98 Å². The van der Waals surface area contributed by atoms with Gasteiger partial charge >= 0.3 is 0 Å². The van der Waals surface area contributed by atoms with Crippen molar-refractivity contribution < 1.29 is 14.3 Å². The van der Waals surface area contributed by atoms with Crippen LogP contribution < -0.4 is 30.3 Å². The maximum Gasteiger partial charge on any atom is 0.224 e. The van der Waals surface area contributed by atoms with Gasteiger partial charge in [0.1, 0.15) is 17.3 Å². The van der Waals surface area contributed by atoms with E-state index in [1.807, 2.05) is 14.1 Å². The third-order valence-corrected chi connectivity index (χ3v) is 8.09. The molecule has 4 rings (SSSR count). The van der Waals surface area contributed by atoms with Gasteiger partial charge in [-0.1, -0.05) is 23.7 Å². The molecule has 0 bridgehead atoms. The number of aldehydes is 1. The van der Waals surface area contributed by atoms with Crippen LogP contribution in [0.25, 0.3) is 11.6 Å². The molecular formula is C33H44ClN7O3. The first-order chi connectivity index (χ1) is 21.2. The third kappa shape index (κ3) is 8.62. The lowest BCUT2D eigenvalue weighted by Crippen LogP contribution is -2.54. The molecule has 2 unspecified atom stereocenters. The van der Waals surface area contributed by atoms with E-state index < -0.39 is 0 Å². The average Bonchev–Trinajstić information content (AvgIpc) is 3.03. The standard InChI is InChI=1S/C33H44ClN7O3/c1-22-19-41(20-23(2)38-22)14-12-36-33-37-18-25(15-26(21-42)29-16-28(43-5)17-30(44-6)31(29)34)32(39-33)40(4)13-11-24-7-9-27(35-3)10-8-24/h7-10,15-18,21-23,35,38H,11-14,19-20H2,1-6H3,(H,36,37,39)/b26-15+. The summed E-state index contributed by atoms with van der Waals surface area (Å²) in [4.78, 5) is 26.5. The maximum absolute atomic E-state index is 12.4. The number of allylic oxidation sites excluding steroid dienone is 1. The fraction of sp³-hybridized carbons (Fsp3) is 0.424. The average molecular weight is 622 g/mol. The number of rotatable bonds is 14. The molecule has 11 heteroatoms. The fourth-order valence-corrected chi connectivity index (χ4v) is 5.75. The number of carbonyl (C=O) groups excluding carboxylic acids is 1. The van der Waals surface area contributed by atoms with Crippen molar-refractivity contribution in [3.8, 4) is 11.5 Å². The minimum Gasteiger partial charge on any atom is -0.497 e. The molecule has 0 spiro atoms. The SMILES string of the molecule is CNc1ccc(CCN(C)c2nc(NCCN3CC(C)NC(C)C3)ncc2/C=C(\C=O)c2cc(OC)cc(OC)c2Cl)cc1. The number of piperazine rings is 1. The lowest BCUT2D eigenvalue weighted by atomic mass is 10.0. The van der Waals surface area contributed by atoms with Crippen LogP contribution in [0.4, 0.5) is 17.5 Å². The Morgan fingerprint density at radius 1 is 1.16 bits per heavy atom. The maximum atomic E-state index is 12.4. The molecule has 0 amide bonds. The van der Waals surface area contributed by atoms with Crippen molar-refractivity contribution in [2.75, 3.05) is 76.6 Å². The number of nitrogens with zero attached hydrogens (tertiary/aromatic N) is 4. The van der Waals surface area contributed by atoms with Crippen LogP contribution in [0, 0.1) is 0 Å². The smallest absolute Gasteiger partial charge is 0.224 e. The van der Waals surface area contributed by atoms with E-state index in [1.165, 1.54) is 12.7 Å². The zero-order valence-corrected chi connectivity index (χ0v) is 27.2. The van der Waals surface area contributed by atoms with Crippen LogP contribution in [-0.4, -0.2) is 94.3 Å². The Bertz CT molecular complexity index is 1420. The fourth-order valence-electron chi connectivity index (χ4n) is 5.46. The van der Waals surface area contributed by atoms with E-state index in [0.717, 1.165) is 38.0 Å². The number of halogens is 1. The molecule has 0 saturated carbocycles. The van der Waals surface area contributed by atoms with Crippen LogP contribution in [-0.2, 0) is 11.2 Å². The largest absolute Gasteiger partial charge is 0.497 e. The first-order valence-electron chi connectivity index (χ1n) is 14.9. The second-order valence-electron chi connectivity index (χ2n) is 11.2. The number of hydrogen-bond donors (Lipinski definition) is 3. The molecule has 10 nitrogen and oxygen atoms in total. The number of likely N-dealkylation sites (N-methyl/N-ethyl adjacent to an activating group) is 1. The first-order valence-corrected chi connectivity index (χ1v) is 15.3. The van der Waals surface area contributed by atoms with Crippen LogP contribution >= 0.6 is 11.6 Å². The minimum atomic E-state index is 0.322. The zero-order chi connectivity index (χ0) is 31.6. The Kier molecular flexibility index (Phi) is 11.8. The number of methoxy groups -OCH3 is 2. The number of benzene rings is 2. The van der Waals surface area contributed by atoms with Crippen molar-refractivity contribution >= 4 is 47.0 Å². The molecule has 3 aromatic rings. The number of hydrogen-bond acceptors (Lipinski definition) is 10. The second kappa shape index (κ2) is 15.7. The molecular weight excluding hydrogens is 578 g/mol. The van der Waals surface area contributed by atoms with Crippen LogP contribution in [0.5, 0.6) is 11.5 Å². The van der Waals surface area contributed by atoms with Gasteiger partial charge in [-0.15, -0.1) is 0 Å². The number of aromatic nitrogens is 2. The van der Waals surface area contributed by atoms with Crippen molar-refractivity contribution in [2.24, 2.45) is 0 Å². The van der Waals surface area contributed by atoms with Gasteiger partial charge in [-0.05, 0) is 50.1 Å². The van der Waals surface area contributed by atoms with Crippen molar-refractivity contribution in [3.05, 3.63) is 64.3 Å². The summed E-state index contributed by atoms with van der Waals surface area (Å²) in [6, 6.07) is 12.7. The predicted octanol–water partition coefficient (Wildman–Crippen LogP) is 4.70. The van der Waals surface area contributed by atoms with Crippen LogP contribution in [0.1, 0.15) is 30.5 Å². The molecule has 2 atom stereocenters. The minimum absolute atomic E-state index is 0.322. The normalized spacial score (nSPS) is 17.2. The van der Waals surface area contributed by atoms with Gasteiger partial charge in [0.2, 0.25) is 5.95 Å². The van der Waals surface area contributed by atoms with Gasteiger partial charge < -0.3 is 30.3 Å². The summed E-state index contributed by atoms with van der Waals surface area (Å²) in [5, 5.41) is 10.5. The lowest BCUT2D eigenvalue weighted by molar-refractivity contribution is -0.103. The summed E-state index contributed by atoms with van der Waals surface area (Å²) < 4.78 is 10.8. The summed E-state index contributed by atoms with van der Waals surface area (Å²) in [5.74, 6) is 2.18. The lowest BCUT2D eigenvalue weighted by Gasteiger charge is -2.36. The molecule has 44 heavy (non-hydrogen) atoms. The van der Waals surface area contributed by atoms with E-state index in [1.54, 1.807) is 31.5 Å². The van der Waals surface area contributed by atoms with Crippen molar-refractivity contribution in [1.82, 2.24) is 20.2 Å². The zero-order valence-electron chi connectivity index (χ0n) is 26.5. The van der Waals surface area contributed by atoms with Gasteiger partial charge in [0.15, 0.2) is 6.29 Å². The Labute approximate surface area is 265 Å².